The quantitative estimate of drug-likeness (QED) is 0.551. The van der Waals surface area contributed by atoms with Crippen LogP contribution in [0.3, 0.4) is 0 Å². The number of aromatic nitrogens is 2. The molecule has 3 aromatic rings. The second-order valence-electron chi connectivity index (χ2n) is 8.87. The Hall–Kier alpha value is -3.41. The molecule has 2 aromatic heterocycles. The van der Waals surface area contributed by atoms with Crippen LogP contribution >= 0.6 is 0 Å². The highest BCUT2D eigenvalue weighted by Crippen LogP contribution is 2.69. The van der Waals surface area contributed by atoms with Gasteiger partial charge in [0.05, 0.1) is 18.0 Å². The van der Waals surface area contributed by atoms with Crippen molar-refractivity contribution in [3.63, 3.8) is 0 Å². The van der Waals surface area contributed by atoms with Gasteiger partial charge in [-0.05, 0) is 37.3 Å². The molecular formula is C24H19F4N3O2. The fourth-order valence-electron chi connectivity index (χ4n) is 5.58. The van der Waals surface area contributed by atoms with E-state index in [1.54, 1.807) is 0 Å². The maximum atomic E-state index is 14.8. The second kappa shape index (κ2) is 7.30. The van der Waals surface area contributed by atoms with Gasteiger partial charge in [-0.25, -0.2) is 18.2 Å². The van der Waals surface area contributed by atoms with E-state index >= 15 is 0 Å². The van der Waals surface area contributed by atoms with Crippen molar-refractivity contribution in [1.29, 1.82) is 5.26 Å². The Morgan fingerprint density at radius 2 is 1.94 bits per heavy atom. The van der Waals surface area contributed by atoms with Crippen LogP contribution in [0.4, 0.5) is 17.6 Å². The van der Waals surface area contributed by atoms with Crippen LogP contribution < -0.4 is 10.2 Å². The molecule has 2 aliphatic rings. The Balaban J connectivity index is 1.69. The zero-order valence-corrected chi connectivity index (χ0v) is 17.6. The largest absolute Gasteiger partial charge is 0.493 e. The number of halogens is 4. The van der Waals surface area contributed by atoms with Gasteiger partial charge in [0.1, 0.15) is 6.07 Å². The molecule has 2 fully saturated rings. The number of alkyl halides is 2. The van der Waals surface area contributed by atoms with Crippen LogP contribution in [0.1, 0.15) is 54.5 Å². The standard InChI is InChI=1S/C24H19F4N3O2/c1-33-22-12(2-3-15(25)21(22)26)13-9-23(5-6-24(23,27)28)10-14(13)17-8-19(32)20-16(31-17)4-7-30-18(20)11-29/h2-4,7-8,13-14H,5-6,9-10H2,1H3,(H,31,32)/t13-,14+,23-/m0/s1. The van der Waals surface area contributed by atoms with Gasteiger partial charge in [-0.3, -0.25) is 4.79 Å². The molecule has 1 N–H and O–H groups in total. The van der Waals surface area contributed by atoms with E-state index in [4.69, 9.17) is 4.74 Å². The predicted molar refractivity (Wildman–Crippen MR) is 111 cm³/mol. The molecule has 0 amide bonds. The van der Waals surface area contributed by atoms with E-state index in [1.807, 2.05) is 6.07 Å². The topological polar surface area (TPSA) is 78.8 Å². The van der Waals surface area contributed by atoms with Gasteiger partial charge in [0.25, 0.3) is 5.92 Å². The maximum absolute atomic E-state index is 14.8. The van der Waals surface area contributed by atoms with Gasteiger partial charge in [0.15, 0.2) is 22.7 Å². The van der Waals surface area contributed by atoms with Crippen molar-refractivity contribution in [2.75, 3.05) is 7.11 Å². The van der Waals surface area contributed by atoms with E-state index in [9.17, 15) is 27.6 Å². The SMILES string of the molecule is COc1c([C@@H]2C[C@@]3(CCC3(F)F)C[C@H]2c2cc(=O)c3c(C#N)nccc3[nH]2)ccc(F)c1F. The third-order valence-electron chi connectivity index (χ3n) is 7.35. The lowest BCUT2D eigenvalue weighted by molar-refractivity contribution is -0.199. The smallest absolute Gasteiger partial charge is 0.253 e. The molecule has 9 heteroatoms. The summed E-state index contributed by atoms with van der Waals surface area (Å²) < 4.78 is 63.0. The van der Waals surface area contributed by atoms with Crippen molar-refractivity contribution in [3.8, 4) is 11.8 Å². The zero-order chi connectivity index (χ0) is 23.5. The van der Waals surface area contributed by atoms with Crippen molar-refractivity contribution in [1.82, 2.24) is 9.97 Å². The molecule has 0 unspecified atom stereocenters. The molecule has 33 heavy (non-hydrogen) atoms. The summed E-state index contributed by atoms with van der Waals surface area (Å²) >= 11 is 0. The van der Waals surface area contributed by atoms with E-state index in [0.717, 1.165) is 6.07 Å². The molecule has 2 saturated carbocycles. The molecule has 0 radical (unpaired) electrons. The fourth-order valence-corrected chi connectivity index (χ4v) is 5.58. The van der Waals surface area contributed by atoms with Crippen molar-refractivity contribution in [2.45, 2.75) is 43.4 Å². The zero-order valence-electron chi connectivity index (χ0n) is 17.6. The summed E-state index contributed by atoms with van der Waals surface area (Å²) in [5.41, 5.74) is -0.733. The molecule has 170 valence electrons. The average Bonchev–Trinajstić information content (AvgIpc) is 3.23. The number of aromatic amines is 1. The first-order chi connectivity index (χ1) is 15.7. The summed E-state index contributed by atoms with van der Waals surface area (Å²) in [6.45, 7) is 0. The van der Waals surface area contributed by atoms with Crippen LogP contribution in [0.5, 0.6) is 5.75 Å². The molecule has 5 rings (SSSR count). The monoisotopic (exact) mass is 457 g/mol. The average molecular weight is 457 g/mol. The number of H-pyrrole nitrogens is 1. The third kappa shape index (κ3) is 3.04. The lowest BCUT2D eigenvalue weighted by atomic mass is 9.63. The number of nitriles is 1. The van der Waals surface area contributed by atoms with Crippen molar-refractivity contribution >= 4 is 10.9 Å². The van der Waals surface area contributed by atoms with Gasteiger partial charge in [-0.15, -0.1) is 0 Å². The van der Waals surface area contributed by atoms with Crippen molar-refractivity contribution in [3.05, 3.63) is 69.3 Å². The number of nitrogens with zero attached hydrogens (tertiary/aromatic N) is 2. The number of rotatable bonds is 3. The summed E-state index contributed by atoms with van der Waals surface area (Å²) in [5, 5.41) is 9.39. The van der Waals surface area contributed by atoms with Crippen LogP contribution in [0.15, 0.2) is 35.3 Å². The minimum absolute atomic E-state index is 0.0347. The van der Waals surface area contributed by atoms with E-state index in [-0.39, 0.29) is 41.7 Å². The van der Waals surface area contributed by atoms with Gasteiger partial charge >= 0.3 is 0 Å². The number of nitrogens with one attached hydrogen (secondary N) is 1. The number of ether oxygens (including phenoxy) is 1. The number of pyridine rings is 2. The molecule has 2 aliphatic carbocycles. The Labute approximate surface area is 186 Å². The second-order valence-corrected chi connectivity index (χ2v) is 8.87. The van der Waals surface area contributed by atoms with Gasteiger partial charge in [0, 0.05) is 41.3 Å². The summed E-state index contributed by atoms with van der Waals surface area (Å²) in [7, 11) is 1.20. The molecule has 0 bridgehead atoms. The van der Waals surface area contributed by atoms with E-state index < -0.39 is 40.2 Å². The summed E-state index contributed by atoms with van der Waals surface area (Å²) in [4.78, 5) is 19.9. The van der Waals surface area contributed by atoms with Crippen LogP contribution in [0.2, 0.25) is 0 Å². The lowest BCUT2D eigenvalue weighted by Gasteiger charge is -2.47. The Kier molecular flexibility index (Phi) is 4.74. The van der Waals surface area contributed by atoms with Crippen LogP contribution in [-0.2, 0) is 0 Å². The van der Waals surface area contributed by atoms with Gasteiger partial charge < -0.3 is 9.72 Å². The van der Waals surface area contributed by atoms with Crippen molar-refractivity contribution < 1.29 is 22.3 Å². The minimum atomic E-state index is -2.89. The summed E-state index contributed by atoms with van der Waals surface area (Å²) in [5.74, 6) is -6.70. The van der Waals surface area contributed by atoms with E-state index in [0.29, 0.717) is 17.6 Å². The Morgan fingerprint density at radius 3 is 2.58 bits per heavy atom. The first-order valence-electron chi connectivity index (χ1n) is 10.5. The predicted octanol–water partition coefficient (Wildman–Crippen LogP) is 5.16. The third-order valence-corrected chi connectivity index (χ3v) is 7.35. The normalized spacial score (nSPS) is 25.7. The summed E-state index contributed by atoms with van der Waals surface area (Å²) in [6, 6.07) is 7.04. The molecule has 1 spiro atoms. The van der Waals surface area contributed by atoms with Crippen LogP contribution in [0, 0.1) is 28.4 Å². The highest BCUT2D eigenvalue weighted by Gasteiger charge is 2.66. The van der Waals surface area contributed by atoms with Crippen LogP contribution in [0.25, 0.3) is 10.9 Å². The van der Waals surface area contributed by atoms with E-state index in [2.05, 4.69) is 9.97 Å². The highest BCUT2D eigenvalue weighted by atomic mass is 19.3. The maximum Gasteiger partial charge on any atom is 0.253 e. The number of benzene rings is 1. The van der Waals surface area contributed by atoms with Crippen LogP contribution in [-0.4, -0.2) is 23.0 Å². The molecular weight excluding hydrogens is 438 g/mol. The molecule has 5 nitrogen and oxygen atoms in total. The molecule has 3 atom stereocenters. The fraction of sp³-hybridized carbons (Fsp3) is 0.375. The lowest BCUT2D eigenvalue weighted by Crippen LogP contribution is -2.49. The van der Waals surface area contributed by atoms with Gasteiger partial charge in [-0.2, -0.15) is 9.65 Å². The first-order valence-corrected chi connectivity index (χ1v) is 10.5. The molecule has 2 heterocycles. The first kappa shape index (κ1) is 21.4. The summed E-state index contributed by atoms with van der Waals surface area (Å²) in [6.07, 6.45) is 1.58. The Bertz CT molecular complexity index is 1380. The number of hydrogen-bond acceptors (Lipinski definition) is 4. The molecule has 0 aliphatic heterocycles. The number of hydrogen-bond donors (Lipinski definition) is 1. The highest BCUT2D eigenvalue weighted by molar-refractivity contribution is 5.82. The van der Waals surface area contributed by atoms with Gasteiger partial charge in [0.2, 0.25) is 5.82 Å². The van der Waals surface area contributed by atoms with Gasteiger partial charge in [-0.1, -0.05) is 6.07 Å². The molecule has 0 saturated heterocycles. The Morgan fingerprint density at radius 1 is 1.18 bits per heavy atom. The molecule has 1 aromatic carbocycles. The van der Waals surface area contributed by atoms with E-state index in [1.165, 1.54) is 31.5 Å². The minimum Gasteiger partial charge on any atom is -0.493 e. The number of methoxy groups -OCH3 is 1. The number of fused-ring (bicyclic) bond motifs is 1. The van der Waals surface area contributed by atoms with Crippen molar-refractivity contribution in [2.24, 2.45) is 5.41 Å².